The Morgan fingerprint density at radius 2 is 2.00 bits per heavy atom. The molecule has 0 spiro atoms. The molecule has 0 aliphatic rings. The van der Waals surface area contributed by atoms with Crippen LogP contribution >= 0.6 is 11.6 Å². The maximum Gasteiger partial charge on any atom is 0.224 e. The standard InChI is InChI=1S/C14H21ClN2O3S/c1-4-14(18)17-11-6-7-12(15)13(8-11)16-10(3)9-21(19,20)5-2/h6-8,10,16H,4-5,9H2,1-3H3,(H,17,18). The predicted octanol–water partition coefficient (Wildman–Crippen LogP) is 2.92. The van der Waals surface area contributed by atoms with E-state index < -0.39 is 9.84 Å². The van der Waals surface area contributed by atoms with Gasteiger partial charge in [-0.25, -0.2) is 8.42 Å². The first-order chi connectivity index (χ1) is 9.77. The van der Waals surface area contributed by atoms with Crippen LogP contribution in [0.15, 0.2) is 18.2 Å². The number of carbonyl (C=O) groups is 1. The van der Waals surface area contributed by atoms with Crippen LogP contribution < -0.4 is 10.6 Å². The SMILES string of the molecule is CCC(=O)Nc1ccc(Cl)c(NC(C)CS(=O)(=O)CC)c1. The lowest BCUT2D eigenvalue weighted by Gasteiger charge is -2.17. The van der Waals surface area contributed by atoms with Crippen LogP contribution in [-0.2, 0) is 14.6 Å². The third-order valence-electron chi connectivity index (χ3n) is 2.92. The van der Waals surface area contributed by atoms with Crippen molar-refractivity contribution in [3.63, 3.8) is 0 Å². The Hall–Kier alpha value is -1.27. The molecule has 21 heavy (non-hydrogen) atoms. The van der Waals surface area contributed by atoms with E-state index in [-0.39, 0.29) is 23.5 Å². The minimum atomic E-state index is -3.06. The Bertz CT molecular complexity index is 602. The second-order valence-corrected chi connectivity index (χ2v) is 7.65. The van der Waals surface area contributed by atoms with Crippen LogP contribution in [0.5, 0.6) is 0 Å². The van der Waals surface area contributed by atoms with Crippen molar-refractivity contribution >= 4 is 38.7 Å². The van der Waals surface area contributed by atoms with E-state index in [1.165, 1.54) is 0 Å². The highest BCUT2D eigenvalue weighted by molar-refractivity contribution is 7.91. The second kappa shape index (κ2) is 7.66. The number of nitrogens with one attached hydrogen (secondary N) is 2. The third kappa shape index (κ3) is 5.93. The van der Waals surface area contributed by atoms with Gasteiger partial charge >= 0.3 is 0 Å². The van der Waals surface area contributed by atoms with Gasteiger partial charge in [-0.15, -0.1) is 0 Å². The molecule has 0 aliphatic carbocycles. The summed E-state index contributed by atoms with van der Waals surface area (Å²) in [5.74, 6) is 0.0509. The number of carbonyl (C=O) groups excluding carboxylic acids is 1. The van der Waals surface area contributed by atoms with Gasteiger partial charge in [0.2, 0.25) is 5.91 Å². The Kier molecular flexibility index (Phi) is 6.48. The fourth-order valence-electron chi connectivity index (χ4n) is 1.77. The molecule has 1 unspecified atom stereocenters. The zero-order valence-corrected chi connectivity index (χ0v) is 14.0. The molecule has 0 aliphatic heterocycles. The van der Waals surface area contributed by atoms with Gasteiger partial charge in [0, 0.05) is 23.9 Å². The number of hydrogen-bond donors (Lipinski definition) is 2. The molecule has 7 heteroatoms. The van der Waals surface area contributed by atoms with Gasteiger partial charge in [-0.1, -0.05) is 25.4 Å². The molecule has 0 radical (unpaired) electrons. The smallest absolute Gasteiger partial charge is 0.224 e. The molecule has 0 bridgehead atoms. The summed E-state index contributed by atoms with van der Waals surface area (Å²) >= 11 is 6.09. The van der Waals surface area contributed by atoms with Crippen molar-refractivity contribution in [2.75, 3.05) is 22.1 Å². The number of sulfone groups is 1. The summed E-state index contributed by atoms with van der Waals surface area (Å²) in [5, 5.41) is 6.28. The molecule has 0 fully saturated rings. The molecular weight excluding hydrogens is 312 g/mol. The van der Waals surface area contributed by atoms with E-state index in [9.17, 15) is 13.2 Å². The van der Waals surface area contributed by atoms with Crippen LogP contribution in [0.2, 0.25) is 5.02 Å². The van der Waals surface area contributed by atoms with Gasteiger partial charge in [-0.2, -0.15) is 0 Å². The average molecular weight is 333 g/mol. The Labute approximate surface area is 131 Å². The number of halogens is 1. The summed E-state index contributed by atoms with van der Waals surface area (Å²) in [4.78, 5) is 11.4. The molecule has 0 heterocycles. The lowest BCUT2D eigenvalue weighted by Crippen LogP contribution is -2.26. The molecule has 1 aromatic rings. The fourth-order valence-corrected chi connectivity index (χ4v) is 3.02. The third-order valence-corrected chi connectivity index (χ3v) is 5.13. The van der Waals surface area contributed by atoms with E-state index in [0.717, 1.165) is 0 Å². The topological polar surface area (TPSA) is 75.3 Å². The summed E-state index contributed by atoms with van der Waals surface area (Å²) in [6.07, 6.45) is 0.385. The van der Waals surface area contributed by atoms with E-state index in [1.54, 1.807) is 39.0 Å². The van der Waals surface area contributed by atoms with Crippen molar-refractivity contribution in [3.8, 4) is 0 Å². The molecule has 5 nitrogen and oxygen atoms in total. The maximum absolute atomic E-state index is 11.6. The van der Waals surface area contributed by atoms with Crippen LogP contribution in [0.25, 0.3) is 0 Å². The summed E-state index contributed by atoms with van der Waals surface area (Å²) in [6.45, 7) is 5.17. The molecule has 1 amide bonds. The number of hydrogen-bond acceptors (Lipinski definition) is 4. The largest absolute Gasteiger partial charge is 0.380 e. The van der Waals surface area contributed by atoms with Gasteiger partial charge in [0.05, 0.1) is 16.5 Å². The number of anilines is 2. The van der Waals surface area contributed by atoms with E-state index in [4.69, 9.17) is 11.6 Å². The quantitative estimate of drug-likeness (QED) is 0.805. The number of benzene rings is 1. The van der Waals surface area contributed by atoms with E-state index >= 15 is 0 Å². The van der Waals surface area contributed by atoms with Crippen molar-refractivity contribution in [3.05, 3.63) is 23.2 Å². The van der Waals surface area contributed by atoms with Crippen molar-refractivity contribution < 1.29 is 13.2 Å². The van der Waals surface area contributed by atoms with Gasteiger partial charge in [0.1, 0.15) is 0 Å². The summed E-state index contributed by atoms with van der Waals surface area (Å²) in [6, 6.07) is 4.79. The Balaban J connectivity index is 2.82. The highest BCUT2D eigenvalue weighted by Gasteiger charge is 2.15. The number of amides is 1. The first kappa shape index (κ1) is 17.8. The van der Waals surface area contributed by atoms with Crippen LogP contribution in [0, 0.1) is 0 Å². The van der Waals surface area contributed by atoms with Gasteiger partial charge in [-0.3, -0.25) is 4.79 Å². The van der Waals surface area contributed by atoms with Gasteiger partial charge in [0.15, 0.2) is 9.84 Å². The van der Waals surface area contributed by atoms with E-state index in [1.807, 2.05) is 0 Å². The molecule has 0 saturated heterocycles. The molecular formula is C14H21ClN2O3S. The van der Waals surface area contributed by atoms with Crippen molar-refractivity contribution in [1.82, 2.24) is 0 Å². The minimum Gasteiger partial charge on any atom is -0.380 e. The molecule has 0 saturated carbocycles. The zero-order chi connectivity index (χ0) is 16.0. The number of rotatable bonds is 7. The monoisotopic (exact) mass is 332 g/mol. The van der Waals surface area contributed by atoms with Crippen molar-refractivity contribution in [2.45, 2.75) is 33.2 Å². The Morgan fingerprint density at radius 1 is 1.33 bits per heavy atom. The van der Waals surface area contributed by atoms with E-state index in [0.29, 0.717) is 22.8 Å². The predicted molar refractivity (Wildman–Crippen MR) is 87.8 cm³/mol. The van der Waals surface area contributed by atoms with Crippen LogP contribution in [-0.4, -0.2) is 31.9 Å². The highest BCUT2D eigenvalue weighted by atomic mass is 35.5. The molecule has 1 atom stereocenters. The highest BCUT2D eigenvalue weighted by Crippen LogP contribution is 2.26. The fraction of sp³-hybridized carbons (Fsp3) is 0.500. The van der Waals surface area contributed by atoms with Crippen LogP contribution in [0.3, 0.4) is 0 Å². The van der Waals surface area contributed by atoms with E-state index in [2.05, 4.69) is 10.6 Å². The lowest BCUT2D eigenvalue weighted by atomic mass is 10.2. The van der Waals surface area contributed by atoms with Crippen LogP contribution in [0.4, 0.5) is 11.4 Å². The van der Waals surface area contributed by atoms with Crippen molar-refractivity contribution in [1.29, 1.82) is 0 Å². The first-order valence-electron chi connectivity index (χ1n) is 6.83. The van der Waals surface area contributed by atoms with Crippen molar-refractivity contribution in [2.24, 2.45) is 0 Å². The average Bonchev–Trinajstić information content (AvgIpc) is 2.41. The molecule has 1 rings (SSSR count). The molecule has 0 aromatic heterocycles. The summed E-state index contributed by atoms with van der Waals surface area (Å²) in [7, 11) is -3.06. The second-order valence-electron chi connectivity index (χ2n) is 4.84. The minimum absolute atomic E-state index is 0.0331. The summed E-state index contributed by atoms with van der Waals surface area (Å²) < 4.78 is 23.2. The van der Waals surface area contributed by atoms with Gasteiger partial charge in [-0.05, 0) is 25.1 Å². The molecule has 2 N–H and O–H groups in total. The molecule has 1 aromatic carbocycles. The van der Waals surface area contributed by atoms with Gasteiger partial charge in [0.25, 0.3) is 0 Å². The zero-order valence-electron chi connectivity index (χ0n) is 12.4. The Morgan fingerprint density at radius 3 is 2.57 bits per heavy atom. The lowest BCUT2D eigenvalue weighted by molar-refractivity contribution is -0.115. The maximum atomic E-state index is 11.6. The summed E-state index contributed by atoms with van der Waals surface area (Å²) in [5.41, 5.74) is 1.23. The first-order valence-corrected chi connectivity index (χ1v) is 9.03. The van der Waals surface area contributed by atoms with Gasteiger partial charge < -0.3 is 10.6 Å². The normalized spacial score (nSPS) is 12.8. The van der Waals surface area contributed by atoms with Crippen LogP contribution in [0.1, 0.15) is 27.2 Å². The molecule has 118 valence electrons.